The first-order chi connectivity index (χ1) is 9.18. The third-order valence-electron chi connectivity index (χ3n) is 3.14. The van der Waals surface area contributed by atoms with Gasteiger partial charge in [-0.3, -0.25) is 0 Å². The molecule has 20 heavy (non-hydrogen) atoms. The average molecular weight is 281 g/mol. The van der Waals surface area contributed by atoms with E-state index >= 15 is 0 Å². The molecular weight excluding hydrogens is 250 g/mol. The Kier molecular flexibility index (Phi) is 6.14. The second kappa shape index (κ2) is 7.18. The third kappa shape index (κ3) is 6.01. The van der Waals surface area contributed by atoms with Crippen molar-refractivity contribution in [3.8, 4) is 0 Å². The number of nitrogens with one attached hydrogen (secondary N) is 1. The molecule has 5 heteroatoms. The highest BCUT2D eigenvalue weighted by molar-refractivity contribution is 4.94. The van der Waals surface area contributed by atoms with E-state index in [4.69, 9.17) is 0 Å². The van der Waals surface area contributed by atoms with Gasteiger partial charge in [-0.2, -0.15) is 0 Å². The second-order valence-electron chi connectivity index (χ2n) is 7.29. The van der Waals surface area contributed by atoms with E-state index in [1.54, 1.807) is 0 Å². The predicted molar refractivity (Wildman–Crippen MR) is 83.7 cm³/mol. The van der Waals surface area contributed by atoms with Crippen LogP contribution in [0.5, 0.6) is 0 Å². The quantitative estimate of drug-likeness (QED) is 0.831. The van der Waals surface area contributed by atoms with Crippen LogP contribution >= 0.6 is 0 Å². The fourth-order valence-corrected chi connectivity index (χ4v) is 2.19. The van der Waals surface area contributed by atoms with Crippen LogP contribution in [-0.4, -0.2) is 46.6 Å². The number of nitrogens with zero attached hydrogens (tertiary/aromatic N) is 4. The van der Waals surface area contributed by atoms with E-state index in [-0.39, 0.29) is 5.54 Å². The van der Waals surface area contributed by atoms with Gasteiger partial charge in [0.2, 0.25) is 0 Å². The molecule has 0 aliphatic carbocycles. The van der Waals surface area contributed by atoms with E-state index in [1.165, 1.54) is 6.42 Å². The molecule has 0 fully saturated rings. The van der Waals surface area contributed by atoms with E-state index in [0.29, 0.717) is 12.0 Å². The summed E-state index contributed by atoms with van der Waals surface area (Å²) in [6.07, 6.45) is 3.21. The maximum Gasteiger partial charge on any atom is 0.0965 e. The molecule has 0 saturated carbocycles. The van der Waals surface area contributed by atoms with Crippen molar-refractivity contribution in [2.24, 2.45) is 5.92 Å². The summed E-state index contributed by atoms with van der Waals surface area (Å²) in [5.74, 6) is 0.692. The molecule has 1 aromatic heterocycles. The van der Waals surface area contributed by atoms with Gasteiger partial charge in [-0.1, -0.05) is 19.1 Å². The minimum atomic E-state index is -0.00772. The molecule has 1 N–H and O–H groups in total. The second-order valence-corrected chi connectivity index (χ2v) is 7.29. The first-order valence-electron chi connectivity index (χ1n) is 7.48. The summed E-state index contributed by atoms with van der Waals surface area (Å²) >= 11 is 0. The number of rotatable bonds is 7. The fraction of sp³-hybridized carbons (Fsp3) is 0.867. The van der Waals surface area contributed by atoms with E-state index in [0.717, 1.165) is 18.8 Å². The summed E-state index contributed by atoms with van der Waals surface area (Å²) in [7, 11) is 4.23. The minimum Gasteiger partial charge on any atom is -0.308 e. The Bertz CT molecular complexity index is 379. The summed E-state index contributed by atoms with van der Waals surface area (Å²) in [6.45, 7) is 12.7. The highest BCUT2D eigenvalue weighted by Gasteiger charge is 2.16. The molecule has 0 bridgehead atoms. The molecular formula is C15H31N5. The molecule has 1 heterocycles. The Labute approximate surface area is 123 Å². The molecule has 0 amide bonds. The van der Waals surface area contributed by atoms with Gasteiger partial charge in [-0.05, 0) is 47.2 Å². The Morgan fingerprint density at radius 3 is 2.40 bits per heavy atom. The first-order valence-corrected chi connectivity index (χ1v) is 7.48. The van der Waals surface area contributed by atoms with Gasteiger partial charge in [0.1, 0.15) is 0 Å². The number of likely N-dealkylation sites (N-methyl/N-ethyl adjacent to an activating group) is 1. The molecule has 0 aromatic carbocycles. The summed E-state index contributed by atoms with van der Waals surface area (Å²) in [5, 5.41) is 12.1. The molecule has 116 valence electrons. The minimum absolute atomic E-state index is 0.00772. The molecule has 1 unspecified atom stereocenters. The van der Waals surface area contributed by atoms with Crippen molar-refractivity contribution in [1.82, 2.24) is 25.2 Å². The fourth-order valence-electron chi connectivity index (χ4n) is 2.19. The van der Waals surface area contributed by atoms with Crippen LogP contribution in [0.25, 0.3) is 0 Å². The molecule has 0 aliphatic rings. The van der Waals surface area contributed by atoms with Crippen molar-refractivity contribution in [3.63, 3.8) is 0 Å². The van der Waals surface area contributed by atoms with Crippen LogP contribution in [0.3, 0.4) is 0 Å². The Hall–Kier alpha value is -0.940. The number of aromatic nitrogens is 3. The third-order valence-corrected chi connectivity index (χ3v) is 3.14. The predicted octanol–water partition coefficient (Wildman–Crippen LogP) is 2.10. The molecule has 1 atom stereocenters. The summed E-state index contributed by atoms with van der Waals surface area (Å²) in [6, 6.07) is 0.491. The largest absolute Gasteiger partial charge is 0.308 e. The SMILES string of the molecule is CC(C)CC(CN(C)C)NCc1cn(C(C)(C)C)nn1. The van der Waals surface area contributed by atoms with E-state index in [1.807, 2.05) is 10.9 Å². The van der Waals surface area contributed by atoms with E-state index in [2.05, 4.69) is 69.2 Å². The van der Waals surface area contributed by atoms with Crippen molar-refractivity contribution in [2.45, 2.75) is 59.2 Å². The van der Waals surface area contributed by atoms with Crippen LogP contribution in [-0.2, 0) is 12.1 Å². The highest BCUT2D eigenvalue weighted by Crippen LogP contribution is 2.12. The lowest BCUT2D eigenvalue weighted by molar-refractivity contribution is 0.304. The van der Waals surface area contributed by atoms with Gasteiger partial charge in [-0.15, -0.1) is 5.10 Å². The van der Waals surface area contributed by atoms with Crippen molar-refractivity contribution < 1.29 is 0 Å². The average Bonchev–Trinajstić information content (AvgIpc) is 2.72. The zero-order chi connectivity index (χ0) is 15.3. The van der Waals surface area contributed by atoms with Crippen LogP contribution in [0, 0.1) is 5.92 Å². The normalized spacial score (nSPS) is 14.2. The van der Waals surface area contributed by atoms with Crippen LogP contribution < -0.4 is 5.32 Å². The summed E-state index contributed by atoms with van der Waals surface area (Å²) < 4.78 is 1.92. The topological polar surface area (TPSA) is 46.0 Å². The number of hydrogen-bond donors (Lipinski definition) is 1. The zero-order valence-electron chi connectivity index (χ0n) is 14.1. The molecule has 1 rings (SSSR count). The van der Waals surface area contributed by atoms with Crippen LogP contribution in [0.4, 0.5) is 0 Å². The van der Waals surface area contributed by atoms with Crippen LogP contribution in [0.15, 0.2) is 6.20 Å². The van der Waals surface area contributed by atoms with Gasteiger partial charge in [0.25, 0.3) is 0 Å². The highest BCUT2D eigenvalue weighted by atomic mass is 15.4. The van der Waals surface area contributed by atoms with Crippen LogP contribution in [0.1, 0.15) is 46.7 Å². The molecule has 0 radical (unpaired) electrons. The molecule has 0 spiro atoms. The van der Waals surface area contributed by atoms with E-state index < -0.39 is 0 Å². The molecule has 0 saturated heterocycles. The van der Waals surface area contributed by atoms with Gasteiger partial charge >= 0.3 is 0 Å². The smallest absolute Gasteiger partial charge is 0.0965 e. The maximum absolute atomic E-state index is 4.25. The van der Waals surface area contributed by atoms with Gasteiger partial charge in [0, 0.05) is 19.1 Å². The standard InChI is InChI=1S/C15H31N5/c1-12(2)8-13(10-19(6)7)16-9-14-11-20(18-17-14)15(3,4)5/h11-13,16H,8-10H2,1-7H3. The number of hydrogen-bond acceptors (Lipinski definition) is 4. The van der Waals surface area contributed by atoms with Gasteiger partial charge in [-0.25, -0.2) is 4.68 Å². The molecule has 0 aliphatic heterocycles. The maximum atomic E-state index is 4.25. The Balaban J connectivity index is 2.56. The van der Waals surface area contributed by atoms with Gasteiger partial charge in [0.05, 0.1) is 17.4 Å². The van der Waals surface area contributed by atoms with Crippen molar-refractivity contribution in [3.05, 3.63) is 11.9 Å². The van der Waals surface area contributed by atoms with Crippen LogP contribution in [0.2, 0.25) is 0 Å². The molecule has 5 nitrogen and oxygen atoms in total. The van der Waals surface area contributed by atoms with E-state index in [9.17, 15) is 0 Å². The Morgan fingerprint density at radius 2 is 1.95 bits per heavy atom. The van der Waals surface area contributed by atoms with Crippen molar-refractivity contribution in [1.29, 1.82) is 0 Å². The monoisotopic (exact) mass is 281 g/mol. The lowest BCUT2D eigenvalue weighted by Gasteiger charge is -2.23. The van der Waals surface area contributed by atoms with Gasteiger partial charge in [0.15, 0.2) is 0 Å². The van der Waals surface area contributed by atoms with Gasteiger partial charge < -0.3 is 10.2 Å². The molecule has 1 aromatic rings. The van der Waals surface area contributed by atoms with Crippen molar-refractivity contribution in [2.75, 3.05) is 20.6 Å². The summed E-state index contributed by atoms with van der Waals surface area (Å²) in [4.78, 5) is 2.23. The summed E-state index contributed by atoms with van der Waals surface area (Å²) in [5.41, 5.74) is 0.999. The lowest BCUT2D eigenvalue weighted by atomic mass is 10.0. The zero-order valence-corrected chi connectivity index (χ0v) is 14.1. The Morgan fingerprint density at radius 1 is 1.30 bits per heavy atom. The lowest BCUT2D eigenvalue weighted by Crippen LogP contribution is -2.38. The first kappa shape index (κ1) is 17.1. The van der Waals surface area contributed by atoms with Crippen molar-refractivity contribution >= 4 is 0 Å².